The highest BCUT2D eigenvalue weighted by Crippen LogP contribution is 2.10. The lowest BCUT2D eigenvalue weighted by atomic mass is 10.1. The van der Waals surface area contributed by atoms with E-state index in [9.17, 15) is 0 Å². The van der Waals surface area contributed by atoms with Crippen molar-refractivity contribution in [3.05, 3.63) is 57.3 Å². The van der Waals surface area contributed by atoms with Crippen LogP contribution in [-0.4, -0.2) is 6.54 Å². The third-order valence-electron chi connectivity index (χ3n) is 3.03. The first-order chi connectivity index (χ1) is 8.25. The van der Waals surface area contributed by atoms with Gasteiger partial charge in [-0.2, -0.15) is 0 Å². The van der Waals surface area contributed by atoms with Crippen molar-refractivity contribution in [2.75, 3.05) is 6.54 Å². The number of aryl methyl sites for hydroxylation is 2. The quantitative estimate of drug-likeness (QED) is 0.792. The minimum absolute atomic E-state index is 0.965. The molecule has 1 heterocycles. The Morgan fingerprint density at radius 1 is 1.12 bits per heavy atom. The number of thiophene rings is 1. The van der Waals surface area contributed by atoms with E-state index in [1.165, 1.54) is 21.6 Å². The third kappa shape index (κ3) is 3.69. The van der Waals surface area contributed by atoms with Gasteiger partial charge >= 0.3 is 0 Å². The third-order valence-corrected chi connectivity index (χ3v) is 3.96. The van der Waals surface area contributed by atoms with Crippen molar-refractivity contribution in [2.45, 2.75) is 26.8 Å². The van der Waals surface area contributed by atoms with Crippen LogP contribution in [-0.2, 0) is 13.0 Å². The molecule has 0 spiro atoms. The molecular formula is C15H19NS. The highest BCUT2D eigenvalue weighted by molar-refractivity contribution is 7.09. The van der Waals surface area contributed by atoms with E-state index in [0.717, 1.165) is 19.5 Å². The van der Waals surface area contributed by atoms with Gasteiger partial charge in [0.2, 0.25) is 0 Å². The molecular weight excluding hydrogens is 226 g/mol. The van der Waals surface area contributed by atoms with Gasteiger partial charge in [-0.25, -0.2) is 0 Å². The van der Waals surface area contributed by atoms with Crippen LogP contribution >= 0.6 is 11.3 Å². The first-order valence-electron chi connectivity index (χ1n) is 6.05. The van der Waals surface area contributed by atoms with Crippen LogP contribution in [0.1, 0.15) is 21.6 Å². The summed E-state index contributed by atoms with van der Waals surface area (Å²) in [5.74, 6) is 0. The van der Waals surface area contributed by atoms with Crippen molar-refractivity contribution in [1.82, 2.24) is 5.32 Å². The lowest BCUT2D eigenvalue weighted by Crippen LogP contribution is -2.16. The van der Waals surface area contributed by atoms with Gasteiger partial charge in [-0.3, -0.25) is 0 Å². The van der Waals surface area contributed by atoms with Gasteiger partial charge in [0.1, 0.15) is 0 Å². The second kappa shape index (κ2) is 5.99. The molecule has 0 aliphatic carbocycles. The van der Waals surface area contributed by atoms with Gasteiger partial charge in [0.05, 0.1) is 0 Å². The highest BCUT2D eigenvalue weighted by atomic mass is 32.1. The second-order valence-electron chi connectivity index (χ2n) is 4.42. The normalized spacial score (nSPS) is 10.7. The molecule has 0 amide bonds. The molecule has 0 fully saturated rings. The molecule has 0 radical (unpaired) electrons. The van der Waals surface area contributed by atoms with E-state index >= 15 is 0 Å². The monoisotopic (exact) mass is 245 g/mol. The minimum atomic E-state index is 0.965. The van der Waals surface area contributed by atoms with Crippen LogP contribution in [0.4, 0.5) is 0 Å². The van der Waals surface area contributed by atoms with Gasteiger partial charge in [0.15, 0.2) is 0 Å². The van der Waals surface area contributed by atoms with Crippen LogP contribution in [0.5, 0.6) is 0 Å². The van der Waals surface area contributed by atoms with Crippen LogP contribution in [0.25, 0.3) is 0 Å². The Kier molecular flexibility index (Phi) is 4.35. The van der Waals surface area contributed by atoms with Crippen LogP contribution in [0.3, 0.4) is 0 Å². The summed E-state index contributed by atoms with van der Waals surface area (Å²) in [5.41, 5.74) is 4.12. The highest BCUT2D eigenvalue weighted by Gasteiger charge is 1.97. The summed E-state index contributed by atoms with van der Waals surface area (Å²) in [5, 5.41) is 5.63. The maximum absolute atomic E-state index is 3.49. The smallest absolute Gasteiger partial charge is 0.0205 e. The van der Waals surface area contributed by atoms with E-state index in [2.05, 4.69) is 54.9 Å². The minimum Gasteiger partial charge on any atom is -0.312 e. The zero-order chi connectivity index (χ0) is 12.1. The molecule has 0 aliphatic rings. The van der Waals surface area contributed by atoms with Crippen LogP contribution in [0.2, 0.25) is 0 Å². The van der Waals surface area contributed by atoms with E-state index < -0.39 is 0 Å². The van der Waals surface area contributed by atoms with Crippen molar-refractivity contribution in [3.8, 4) is 0 Å². The van der Waals surface area contributed by atoms with Gasteiger partial charge in [-0.15, -0.1) is 11.3 Å². The van der Waals surface area contributed by atoms with Crippen molar-refractivity contribution in [2.24, 2.45) is 0 Å². The lowest BCUT2D eigenvalue weighted by Gasteiger charge is -2.06. The van der Waals surface area contributed by atoms with Gasteiger partial charge in [0.25, 0.3) is 0 Å². The molecule has 17 heavy (non-hydrogen) atoms. The van der Waals surface area contributed by atoms with Crippen molar-refractivity contribution in [3.63, 3.8) is 0 Å². The first kappa shape index (κ1) is 12.3. The zero-order valence-corrected chi connectivity index (χ0v) is 11.3. The van der Waals surface area contributed by atoms with Gasteiger partial charge in [-0.1, -0.05) is 24.3 Å². The molecule has 90 valence electrons. The molecule has 0 aliphatic heterocycles. The fraction of sp³-hybridized carbons (Fsp3) is 0.333. The predicted molar refractivity (Wildman–Crippen MR) is 75.6 cm³/mol. The first-order valence-corrected chi connectivity index (χ1v) is 6.93. The van der Waals surface area contributed by atoms with Crippen molar-refractivity contribution >= 4 is 11.3 Å². The Balaban J connectivity index is 1.76. The summed E-state index contributed by atoms with van der Waals surface area (Å²) >= 11 is 1.83. The molecule has 1 aromatic heterocycles. The Morgan fingerprint density at radius 2 is 2.00 bits per heavy atom. The van der Waals surface area contributed by atoms with E-state index in [1.54, 1.807) is 0 Å². The fourth-order valence-corrected chi connectivity index (χ4v) is 2.52. The Labute approximate surface area is 108 Å². The molecule has 0 atom stereocenters. The Bertz CT molecular complexity index is 460. The standard InChI is InChI=1S/C15H19NS/c1-12-5-6-14(10-13(12)2)11-16-8-7-15-4-3-9-17-15/h3-6,9-10,16H,7-8,11H2,1-2H3. The zero-order valence-electron chi connectivity index (χ0n) is 10.5. The van der Waals surface area contributed by atoms with Crippen LogP contribution < -0.4 is 5.32 Å². The van der Waals surface area contributed by atoms with Gasteiger partial charge < -0.3 is 5.32 Å². The fourth-order valence-electron chi connectivity index (χ4n) is 1.81. The maximum atomic E-state index is 3.49. The van der Waals surface area contributed by atoms with Gasteiger partial charge in [0, 0.05) is 18.0 Å². The van der Waals surface area contributed by atoms with E-state index in [0.29, 0.717) is 0 Å². The van der Waals surface area contributed by atoms with E-state index in [4.69, 9.17) is 0 Å². The topological polar surface area (TPSA) is 12.0 Å². The maximum Gasteiger partial charge on any atom is 0.0205 e. The van der Waals surface area contributed by atoms with E-state index in [1.807, 2.05) is 11.3 Å². The van der Waals surface area contributed by atoms with E-state index in [-0.39, 0.29) is 0 Å². The summed E-state index contributed by atoms with van der Waals surface area (Å²) in [6.45, 7) is 6.34. The average molecular weight is 245 g/mol. The molecule has 2 rings (SSSR count). The van der Waals surface area contributed by atoms with Crippen LogP contribution in [0.15, 0.2) is 35.7 Å². The molecule has 0 saturated heterocycles. The van der Waals surface area contributed by atoms with Crippen LogP contribution in [0, 0.1) is 13.8 Å². The number of hydrogen-bond acceptors (Lipinski definition) is 2. The number of benzene rings is 1. The number of rotatable bonds is 5. The summed E-state index contributed by atoms with van der Waals surface area (Å²) in [4.78, 5) is 1.46. The molecule has 2 heteroatoms. The SMILES string of the molecule is Cc1ccc(CNCCc2cccs2)cc1C. The molecule has 1 aromatic carbocycles. The lowest BCUT2D eigenvalue weighted by molar-refractivity contribution is 0.690. The summed E-state index contributed by atoms with van der Waals surface area (Å²) in [6.07, 6.45) is 1.13. The molecule has 2 aromatic rings. The molecule has 0 bridgehead atoms. The van der Waals surface area contributed by atoms with Gasteiger partial charge in [-0.05, 0) is 48.4 Å². The molecule has 1 nitrogen and oxygen atoms in total. The van der Waals surface area contributed by atoms with Crippen molar-refractivity contribution in [1.29, 1.82) is 0 Å². The summed E-state index contributed by atoms with van der Waals surface area (Å²) in [7, 11) is 0. The average Bonchev–Trinajstić information content (AvgIpc) is 2.82. The number of nitrogens with one attached hydrogen (secondary N) is 1. The Hall–Kier alpha value is -1.12. The second-order valence-corrected chi connectivity index (χ2v) is 5.46. The molecule has 0 saturated carbocycles. The molecule has 1 N–H and O–H groups in total. The van der Waals surface area contributed by atoms with Crippen molar-refractivity contribution < 1.29 is 0 Å². The predicted octanol–water partition coefficient (Wildman–Crippen LogP) is 3.70. The molecule has 0 unspecified atom stereocenters. The summed E-state index contributed by atoms with van der Waals surface area (Å²) in [6, 6.07) is 11.0. The summed E-state index contributed by atoms with van der Waals surface area (Å²) < 4.78 is 0. The Morgan fingerprint density at radius 3 is 2.71 bits per heavy atom. The number of hydrogen-bond donors (Lipinski definition) is 1. The largest absolute Gasteiger partial charge is 0.312 e.